The number of carbonyl (C=O) groups is 1. The number of β-amino-alcohol motifs (C(OH)–C–C–N with tert-alkyl or cyclic N) is 1. The van der Waals surface area contributed by atoms with Gasteiger partial charge < -0.3 is 14.7 Å². The highest BCUT2D eigenvalue weighted by molar-refractivity contribution is 5.77. The van der Waals surface area contributed by atoms with Gasteiger partial charge in [0.05, 0.1) is 18.8 Å². The largest absolute Gasteiger partial charge is 0.382 e. The maximum Gasteiger partial charge on any atom is 0.248 e. The number of nitrogens with zero attached hydrogens (tertiary/aromatic N) is 3. The summed E-state index contributed by atoms with van der Waals surface area (Å²) in [5.41, 5.74) is -0.607. The minimum Gasteiger partial charge on any atom is -0.382 e. The van der Waals surface area contributed by atoms with Crippen molar-refractivity contribution in [3.63, 3.8) is 0 Å². The Hall–Kier alpha value is -1.47. The lowest BCUT2D eigenvalue weighted by molar-refractivity contribution is -0.146. The molecule has 122 valence electrons. The van der Waals surface area contributed by atoms with Crippen molar-refractivity contribution >= 4 is 5.91 Å². The Bertz CT molecular complexity index is 487. The van der Waals surface area contributed by atoms with E-state index in [2.05, 4.69) is 15.4 Å². The molecule has 1 amide bonds. The Morgan fingerprint density at radius 3 is 2.95 bits per heavy atom. The summed E-state index contributed by atoms with van der Waals surface area (Å²) >= 11 is 0. The quantitative estimate of drug-likeness (QED) is 0.864. The Balaban J connectivity index is 1.54. The second-order valence-electron chi connectivity index (χ2n) is 6.38. The molecule has 1 aromatic heterocycles. The minimum absolute atomic E-state index is 0.0489. The number of nitrogens with one attached hydrogen (secondary N) is 1. The number of rotatable bonds is 4. The van der Waals surface area contributed by atoms with Gasteiger partial charge in [0.2, 0.25) is 5.91 Å². The maximum absolute atomic E-state index is 12.3. The van der Waals surface area contributed by atoms with Gasteiger partial charge in [-0.3, -0.25) is 4.79 Å². The summed E-state index contributed by atoms with van der Waals surface area (Å²) in [6.45, 7) is 1.03. The monoisotopic (exact) mass is 308 g/mol. The Morgan fingerprint density at radius 2 is 2.23 bits per heavy atom. The number of piperidine rings is 1. The average molecular weight is 308 g/mol. The molecule has 2 aliphatic rings. The molecule has 22 heavy (non-hydrogen) atoms. The third-order valence-corrected chi connectivity index (χ3v) is 4.71. The SMILES string of the molecule is O=C(COC1CCCCC1)N1CCC[C@@](O)(c2cn[nH]n2)C1. The zero-order chi connectivity index (χ0) is 15.4. The van der Waals surface area contributed by atoms with Crippen LogP contribution in [0, 0.1) is 0 Å². The zero-order valence-electron chi connectivity index (χ0n) is 12.8. The molecular weight excluding hydrogens is 284 g/mol. The van der Waals surface area contributed by atoms with Crippen molar-refractivity contribution in [2.75, 3.05) is 19.7 Å². The van der Waals surface area contributed by atoms with Crippen molar-refractivity contribution in [1.82, 2.24) is 20.3 Å². The van der Waals surface area contributed by atoms with Crippen LogP contribution in [0.3, 0.4) is 0 Å². The summed E-state index contributed by atoms with van der Waals surface area (Å²) in [4.78, 5) is 14.0. The first kappa shape index (κ1) is 15.4. The van der Waals surface area contributed by atoms with Crippen LogP contribution in [0.5, 0.6) is 0 Å². The van der Waals surface area contributed by atoms with Gasteiger partial charge in [-0.25, -0.2) is 0 Å². The lowest BCUT2D eigenvalue weighted by Gasteiger charge is -2.38. The highest BCUT2D eigenvalue weighted by atomic mass is 16.5. The van der Waals surface area contributed by atoms with Crippen molar-refractivity contribution in [2.24, 2.45) is 0 Å². The van der Waals surface area contributed by atoms with Gasteiger partial charge in [0.1, 0.15) is 17.9 Å². The van der Waals surface area contributed by atoms with E-state index in [0.717, 1.165) is 19.3 Å². The fraction of sp³-hybridized carbons (Fsp3) is 0.800. The van der Waals surface area contributed by atoms with E-state index in [1.807, 2.05) is 0 Å². The molecule has 2 heterocycles. The maximum atomic E-state index is 12.3. The number of carbonyl (C=O) groups excluding carboxylic acids is 1. The molecule has 3 rings (SSSR count). The summed E-state index contributed by atoms with van der Waals surface area (Å²) in [6.07, 6.45) is 8.83. The highest BCUT2D eigenvalue weighted by Gasteiger charge is 2.38. The number of hydrogen-bond acceptors (Lipinski definition) is 5. The third kappa shape index (κ3) is 3.47. The number of aromatic nitrogens is 3. The summed E-state index contributed by atoms with van der Waals surface area (Å²) < 4.78 is 5.75. The summed E-state index contributed by atoms with van der Waals surface area (Å²) in [5, 5.41) is 20.9. The molecule has 1 saturated carbocycles. The fourth-order valence-corrected chi connectivity index (χ4v) is 3.40. The smallest absolute Gasteiger partial charge is 0.248 e. The van der Waals surface area contributed by atoms with Crippen LogP contribution in [-0.2, 0) is 15.1 Å². The lowest BCUT2D eigenvalue weighted by Crippen LogP contribution is -2.50. The van der Waals surface area contributed by atoms with E-state index in [1.165, 1.54) is 25.5 Å². The molecule has 0 radical (unpaired) electrons. The Labute approximate surface area is 130 Å². The number of ether oxygens (including phenoxy) is 1. The first-order chi connectivity index (χ1) is 10.7. The van der Waals surface area contributed by atoms with Crippen molar-refractivity contribution in [1.29, 1.82) is 0 Å². The van der Waals surface area contributed by atoms with E-state index in [4.69, 9.17) is 4.74 Å². The number of H-pyrrole nitrogens is 1. The number of likely N-dealkylation sites (tertiary alicyclic amines) is 1. The van der Waals surface area contributed by atoms with E-state index in [1.54, 1.807) is 4.90 Å². The molecule has 0 spiro atoms. The van der Waals surface area contributed by atoms with Crippen molar-refractivity contribution in [3.8, 4) is 0 Å². The fourth-order valence-electron chi connectivity index (χ4n) is 3.40. The van der Waals surface area contributed by atoms with Crippen LogP contribution in [0.15, 0.2) is 6.20 Å². The number of hydrogen-bond donors (Lipinski definition) is 2. The highest BCUT2D eigenvalue weighted by Crippen LogP contribution is 2.29. The van der Waals surface area contributed by atoms with Crippen molar-refractivity contribution < 1.29 is 14.6 Å². The molecular formula is C15H24N4O3. The molecule has 1 aliphatic carbocycles. The van der Waals surface area contributed by atoms with Crippen molar-refractivity contribution in [2.45, 2.75) is 56.7 Å². The number of aromatic amines is 1. The predicted molar refractivity (Wildman–Crippen MR) is 78.9 cm³/mol. The zero-order valence-corrected chi connectivity index (χ0v) is 12.8. The summed E-state index contributed by atoms with van der Waals surface area (Å²) in [7, 11) is 0. The van der Waals surface area contributed by atoms with Gasteiger partial charge in [-0.05, 0) is 25.7 Å². The Kier molecular flexibility index (Phi) is 4.73. The molecule has 1 saturated heterocycles. The summed E-state index contributed by atoms with van der Waals surface area (Å²) in [6, 6.07) is 0. The van der Waals surface area contributed by atoms with E-state index < -0.39 is 5.60 Å². The minimum atomic E-state index is -1.11. The van der Waals surface area contributed by atoms with Crippen LogP contribution in [0.1, 0.15) is 50.6 Å². The van der Waals surface area contributed by atoms with Crippen LogP contribution >= 0.6 is 0 Å². The van der Waals surface area contributed by atoms with Crippen LogP contribution in [0.25, 0.3) is 0 Å². The van der Waals surface area contributed by atoms with Gasteiger partial charge in [-0.15, -0.1) is 0 Å². The molecule has 0 unspecified atom stereocenters. The second-order valence-corrected chi connectivity index (χ2v) is 6.38. The van der Waals surface area contributed by atoms with Crippen LogP contribution in [0.2, 0.25) is 0 Å². The van der Waals surface area contributed by atoms with E-state index in [-0.39, 0.29) is 25.2 Å². The molecule has 2 fully saturated rings. The number of aliphatic hydroxyl groups is 1. The van der Waals surface area contributed by atoms with Crippen LogP contribution in [-0.4, -0.2) is 57.1 Å². The van der Waals surface area contributed by atoms with E-state index in [9.17, 15) is 9.90 Å². The molecule has 0 bridgehead atoms. The lowest BCUT2D eigenvalue weighted by atomic mass is 9.90. The standard InChI is InChI=1S/C15H24N4O3/c20-14(10-22-12-5-2-1-3-6-12)19-8-4-7-15(21,11-19)13-9-16-18-17-13/h9,12,21H,1-8,10-11H2,(H,16,17,18)/t15-/m0/s1. The molecule has 1 atom stereocenters. The first-order valence-electron chi connectivity index (χ1n) is 8.15. The van der Waals surface area contributed by atoms with Gasteiger partial charge in [0, 0.05) is 6.54 Å². The second kappa shape index (κ2) is 6.75. The van der Waals surface area contributed by atoms with Crippen molar-refractivity contribution in [3.05, 3.63) is 11.9 Å². The van der Waals surface area contributed by atoms with Crippen LogP contribution in [0.4, 0.5) is 0 Å². The molecule has 7 heteroatoms. The first-order valence-corrected chi connectivity index (χ1v) is 8.15. The van der Waals surface area contributed by atoms with Gasteiger partial charge in [0.15, 0.2) is 0 Å². The number of amides is 1. The van der Waals surface area contributed by atoms with Crippen LogP contribution < -0.4 is 0 Å². The Morgan fingerprint density at radius 1 is 1.41 bits per heavy atom. The van der Waals surface area contributed by atoms with Gasteiger partial charge in [-0.2, -0.15) is 15.4 Å². The normalized spacial score (nSPS) is 27.0. The third-order valence-electron chi connectivity index (χ3n) is 4.71. The molecule has 2 N–H and O–H groups in total. The average Bonchev–Trinajstić information content (AvgIpc) is 3.09. The summed E-state index contributed by atoms with van der Waals surface area (Å²) in [5.74, 6) is -0.0489. The van der Waals surface area contributed by atoms with Gasteiger partial charge in [0.25, 0.3) is 0 Å². The predicted octanol–water partition coefficient (Wildman–Crippen LogP) is 0.964. The molecule has 1 aliphatic heterocycles. The van der Waals surface area contributed by atoms with Gasteiger partial charge in [-0.1, -0.05) is 19.3 Å². The molecule has 7 nitrogen and oxygen atoms in total. The molecule has 0 aromatic carbocycles. The topological polar surface area (TPSA) is 91.3 Å². The van der Waals surface area contributed by atoms with E-state index in [0.29, 0.717) is 18.7 Å². The molecule has 1 aromatic rings. The van der Waals surface area contributed by atoms with E-state index >= 15 is 0 Å². The van der Waals surface area contributed by atoms with Gasteiger partial charge >= 0.3 is 0 Å².